The van der Waals surface area contributed by atoms with Crippen molar-refractivity contribution >= 4 is 11.6 Å². The molecule has 112 valence electrons. The SMILES string of the molecule is Nc1cccc(OCCC(=O)NCC(F)(F)C(F)F)c1. The van der Waals surface area contributed by atoms with Gasteiger partial charge in [-0.05, 0) is 12.1 Å². The van der Waals surface area contributed by atoms with Gasteiger partial charge in [0.25, 0.3) is 0 Å². The van der Waals surface area contributed by atoms with E-state index in [2.05, 4.69) is 0 Å². The van der Waals surface area contributed by atoms with Crippen molar-refractivity contribution in [2.75, 3.05) is 18.9 Å². The number of carbonyl (C=O) groups is 1. The molecule has 0 radical (unpaired) electrons. The van der Waals surface area contributed by atoms with Crippen LogP contribution in [0.5, 0.6) is 5.75 Å². The van der Waals surface area contributed by atoms with Crippen molar-refractivity contribution < 1.29 is 27.1 Å². The molecule has 20 heavy (non-hydrogen) atoms. The summed E-state index contributed by atoms with van der Waals surface area (Å²) in [6.45, 7) is -1.47. The summed E-state index contributed by atoms with van der Waals surface area (Å²) in [7, 11) is 0. The summed E-state index contributed by atoms with van der Waals surface area (Å²) in [6, 6.07) is 6.43. The van der Waals surface area contributed by atoms with Crippen molar-refractivity contribution in [2.45, 2.75) is 18.8 Å². The lowest BCUT2D eigenvalue weighted by molar-refractivity contribution is -0.136. The first kappa shape index (κ1) is 16.1. The van der Waals surface area contributed by atoms with E-state index in [0.717, 1.165) is 0 Å². The molecule has 3 N–H and O–H groups in total. The molecule has 0 aliphatic heterocycles. The Kier molecular flexibility index (Phi) is 5.60. The van der Waals surface area contributed by atoms with Gasteiger partial charge in [0, 0.05) is 11.8 Å². The lowest BCUT2D eigenvalue weighted by Gasteiger charge is -2.15. The van der Waals surface area contributed by atoms with E-state index in [9.17, 15) is 22.4 Å². The molecule has 0 saturated heterocycles. The Morgan fingerprint density at radius 1 is 1.40 bits per heavy atom. The Hall–Kier alpha value is -1.99. The predicted molar refractivity (Wildman–Crippen MR) is 64.9 cm³/mol. The van der Waals surface area contributed by atoms with Crippen molar-refractivity contribution in [1.82, 2.24) is 5.32 Å². The molecule has 0 saturated carbocycles. The van der Waals surface area contributed by atoms with Gasteiger partial charge in [0.15, 0.2) is 0 Å². The van der Waals surface area contributed by atoms with Gasteiger partial charge in [0.05, 0.1) is 19.6 Å². The fourth-order valence-corrected chi connectivity index (χ4v) is 1.25. The van der Waals surface area contributed by atoms with Crippen LogP contribution in [0.2, 0.25) is 0 Å². The van der Waals surface area contributed by atoms with Crippen LogP contribution >= 0.6 is 0 Å². The topological polar surface area (TPSA) is 64.3 Å². The van der Waals surface area contributed by atoms with Crippen LogP contribution < -0.4 is 15.8 Å². The van der Waals surface area contributed by atoms with Crippen molar-refractivity contribution in [3.63, 3.8) is 0 Å². The Morgan fingerprint density at radius 2 is 2.10 bits per heavy atom. The quantitative estimate of drug-likeness (QED) is 0.597. The molecule has 0 heterocycles. The first-order valence-corrected chi connectivity index (χ1v) is 5.72. The number of nitrogens with one attached hydrogen (secondary N) is 1. The highest BCUT2D eigenvalue weighted by Crippen LogP contribution is 2.21. The number of carbonyl (C=O) groups excluding carboxylic acids is 1. The van der Waals surface area contributed by atoms with Crippen molar-refractivity contribution in [3.8, 4) is 5.75 Å². The van der Waals surface area contributed by atoms with Crippen LogP contribution in [0.4, 0.5) is 23.2 Å². The van der Waals surface area contributed by atoms with Crippen LogP contribution in [0.1, 0.15) is 6.42 Å². The molecule has 0 unspecified atom stereocenters. The number of anilines is 1. The molecule has 1 rings (SSSR count). The molecule has 8 heteroatoms. The molecule has 1 amide bonds. The molecular formula is C12H14F4N2O2. The summed E-state index contributed by atoms with van der Waals surface area (Å²) in [5.74, 6) is -4.60. The standard InChI is InChI=1S/C12H14F4N2O2/c13-11(14)12(15,16)7-18-10(19)4-5-20-9-3-1-2-8(17)6-9/h1-3,6,11H,4-5,7,17H2,(H,18,19). The zero-order valence-electron chi connectivity index (χ0n) is 10.4. The number of nitrogens with two attached hydrogens (primary N) is 1. The van der Waals surface area contributed by atoms with Gasteiger partial charge in [-0.2, -0.15) is 8.78 Å². The number of alkyl halides is 4. The molecule has 0 spiro atoms. The minimum absolute atomic E-state index is 0.0739. The van der Waals surface area contributed by atoms with Gasteiger partial charge in [-0.25, -0.2) is 8.78 Å². The summed E-state index contributed by atoms with van der Waals surface area (Å²) in [4.78, 5) is 11.2. The average Bonchev–Trinajstić information content (AvgIpc) is 2.36. The van der Waals surface area contributed by atoms with E-state index >= 15 is 0 Å². The van der Waals surface area contributed by atoms with E-state index in [1.54, 1.807) is 23.5 Å². The Morgan fingerprint density at radius 3 is 2.70 bits per heavy atom. The molecule has 1 aromatic carbocycles. The van der Waals surface area contributed by atoms with Crippen LogP contribution in [0.3, 0.4) is 0 Å². The minimum Gasteiger partial charge on any atom is -0.493 e. The van der Waals surface area contributed by atoms with Crippen molar-refractivity contribution in [1.29, 1.82) is 0 Å². The number of ether oxygens (including phenoxy) is 1. The predicted octanol–water partition coefficient (Wildman–Crippen LogP) is 2.05. The smallest absolute Gasteiger partial charge is 0.324 e. The molecule has 0 aliphatic carbocycles. The fraction of sp³-hybridized carbons (Fsp3) is 0.417. The number of benzene rings is 1. The van der Waals surface area contributed by atoms with E-state index in [-0.39, 0.29) is 13.0 Å². The number of nitrogen functional groups attached to an aromatic ring is 1. The first-order valence-electron chi connectivity index (χ1n) is 5.72. The van der Waals surface area contributed by atoms with E-state index in [0.29, 0.717) is 11.4 Å². The normalized spacial score (nSPS) is 11.4. The fourth-order valence-electron chi connectivity index (χ4n) is 1.25. The maximum atomic E-state index is 12.5. The lowest BCUT2D eigenvalue weighted by atomic mass is 10.3. The van der Waals surface area contributed by atoms with Crippen LogP contribution in [0.15, 0.2) is 24.3 Å². The Labute approximate surface area is 112 Å². The molecule has 0 atom stereocenters. The molecule has 0 aliphatic rings. The van der Waals surface area contributed by atoms with Crippen LogP contribution in [-0.2, 0) is 4.79 Å². The van der Waals surface area contributed by atoms with Gasteiger partial charge in [0.1, 0.15) is 5.75 Å². The monoisotopic (exact) mass is 294 g/mol. The van der Waals surface area contributed by atoms with Crippen molar-refractivity contribution in [3.05, 3.63) is 24.3 Å². The van der Waals surface area contributed by atoms with Gasteiger partial charge in [-0.1, -0.05) is 6.07 Å². The minimum atomic E-state index is -4.23. The van der Waals surface area contributed by atoms with Crippen LogP contribution in [-0.4, -0.2) is 31.4 Å². The third-order valence-electron chi connectivity index (χ3n) is 2.30. The molecule has 4 nitrogen and oxygen atoms in total. The summed E-state index contributed by atoms with van der Waals surface area (Å²) in [6.07, 6.45) is -4.04. The van der Waals surface area contributed by atoms with E-state index in [4.69, 9.17) is 10.5 Å². The van der Waals surface area contributed by atoms with Gasteiger partial charge >= 0.3 is 12.3 Å². The van der Waals surface area contributed by atoms with Crippen molar-refractivity contribution in [2.24, 2.45) is 0 Å². The van der Waals surface area contributed by atoms with Gasteiger partial charge in [-0.3, -0.25) is 4.79 Å². The summed E-state index contributed by atoms with van der Waals surface area (Å²) in [5.41, 5.74) is 5.98. The summed E-state index contributed by atoms with van der Waals surface area (Å²) >= 11 is 0. The van der Waals surface area contributed by atoms with Gasteiger partial charge < -0.3 is 15.8 Å². The average molecular weight is 294 g/mol. The Balaban J connectivity index is 2.27. The zero-order valence-corrected chi connectivity index (χ0v) is 10.4. The molecule has 0 fully saturated rings. The number of rotatable bonds is 7. The largest absolute Gasteiger partial charge is 0.493 e. The number of amides is 1. The molecule has 1 aromatic rings. The van der Waals surface area contributed by atoms with Crippen LogP contribution in [0.25, 0.3) is 0 Å². The Bertz CT molecular complexity index is 455. The molecular weight excluding hydrogens is 280 g/mol. The first-order chi connectivity index (χ1) is 9.31. The molecule has 0 bridgehead atoms. The molecule has 0 aromatic heterocycles. The third-order valence-corrected chi connectivity index (χ3v) is 2.30. The second-order valence-corrected chi connectivity index (χ2v) is 4.01. The van der Waals surface area contributed by atoms with Gasteiger partial charge in [-0.15, -0.1) is 0 Å². The maximum Gasteiger partial charge on any atom is 0.324 e. The lowest BCUT2D eigenvalue weighted by Crippen LogP contribution is -2.41. The highest BCUT2D eigenvalue weighted by molar-refractivity contribution is 5.76. The van der Waals surface area contributed by atoms with Gasteiger partial charge in [0.2, 0.25) is 5.91 Å². The number of hydrogen-bond donors (Lipinski definition) is 2. The zero-order chi connectivity index (χ0) is 15.2. The summed E-state index contributed by atoms with van der Waals surface area (Å²) < 4.78 is 53.9. The summed E-state index contributed by atoms with van der Waals surface area (Å²) in [5, 5.41) is 1.73. The number of halogens is 4. The van der Waals surface area contributed by atoms with E-state index in [1.807, 2.05) is 0 Å². The maximum absolute atomic E-state index is 12.5. The third kappa shape index (κ3) is 5.33. The van der Waals surface area contributed by atoms with E-state index in [1.165, 1.54) is 6.07 Å². The van der Waals surface area contributed by atoms with Crippen LogP contribution in [0, 0.1) is 0 Å². The van der Waals surface area contributed by atoms with E-state index < -0.39 is 24.8 Å². The second-order valence-electron chi connectivity index (χ2n) is 4.01. The highest BCUT2D eigenvalue weighted by atomic mass is 19.3. The highest BCUT2D eigenvalue weighted by Gasteiger charge is 2.40. The number of hydrogen-bond acceptors (Lipinski definition) is 3. The second kappa shape index (κ2) is 6.97.